The van der Waals surface area contributed by atoms with Gasteiger partial charge in [0, 0.05) is 6.04 Å². The lowest BCUT2D eigenvalue weighted by atomic mass is 9.91. The standard InChI is InChI=1S/C12H17NO/c14-9-12(13-11-7-4-8-11)10-5-2-1-3-6-10/h1-3,5-6,11-14H,4,7-9H2/t12-/m0/s1. The molecule has 1 atom stereocenters. The summed E-state index contributed by atoms with van der Waals surface area (Å²) in [7, 11) is 0. The van der Waals surface area contributed by atoms with E-state index in [0.717, 1.165) is 0 Å². The van der Waals surface area contributed by atoms with Crippen molar-refractivity contribution >= 4 is 0 Å². The molecule has 0 spiro atoms. The number of aliphatic hydroxyl groups is 1. The van der Waals surface area contributed by atoms with E-state index >= 15 is 0 Å². The van der Waals surface area contributed by atoms with Crippen LogP contribution in [0.1, 0.15) is 30.9 Å². The summed E-state index contributed by atoms with van der Waals surface area (Å²) in [6.45, 7) is 0.181. The van der Waals surface area contributed by atoms with Crippen LogP contribution in [0.5, 0.6) is 0 Å². The van der Waals surface area contributed by atoms with Crippen LogP contribution in [0.2, 0.25) is 0 Å². The molecule has 0 unspecified atom stereocenters. The lowest BCUT2D eigenvalue weighted by molar-refractivity contribution is 0.209. The van der Waals surface area contributed by atoms with E-state index in [2.05, 4.69) is 17.4 Å². The maximum Gasteiger partial charge on any atom is 0.0626 e. The molecule has 1 aromatic carbocycles. The van der Waals surface area contributed by atoms with Crippen LogP contribution in [0, 0.1) is 0 Å². The van der Waals surface area contributed by atoms with Crippen LogP contribution in [0.4, 0.5) is 0 Å². The van der Waals surface area contributed by atoms with Gasteiger partial charge in [-0.3, -0.25) is 0 Å². The van der Waals surface area contributed by atoms with Gasteiger partial charge >= 0.3 is 0 Å². The summed E-state index contributed by atoms with van der Waals surface area (Å²) in [5, 5.41) is 12.8. The molecule has 1 aliphatic rings. The Balaban J connectivity index is 1.98. The first-order valence-corrected chi connectivity index (χ1v) is 5.32. The SMILES string of the molecule is OC[C@H](NC1CCC1)c1ccccc1. The summed E-state index contributed by atoms with van der Waals surface area (Å²) in [5.41, 5.74) is 1.18. The third-order valence-corrected chi connectivity index (χ3v) is 2.93. The first-order valence-electron chi connectivity index (χ1n) is 5.32. The molecule has 14 heavy (non-hydrogen) atoms. The van der Waals surface area contributed by atoms with Crippen molar-refractivity contribution in [2.75, 3.05) is 6.61 Å². The largest absolute Gasteiger partial charge is 0.394 e. The van der Waals surface area contributed by atoms with Gasteiger partial charge in [-0.15, -0.1) is 0 Å². The van der Waals surface area contributed by atoms with Crippen molar-refractivity contribution in [2.24, 2.45) is 0 Å². The molecule has 0 bridgehead atoms. The molecular formula is C12H17NO. The minimum absolute atomic E-state index is 0.112. The van der Waals surface area contributed by atoms with Gasteiger partial charge in [0.1, 0.15) is 0 Å². The number of hydrogen-bond acceptors (Lipinski definition) is 2. The van der Waals surface area contributed by atoms with Crippen LogP contribution in [0.3, 0.4) is 0 Å². The molecule has 1 aliphatic carbocycles. The highest BCUT2D eigenvalue weighted by atomic mass is 16.3. The summed E-state index contributed by atoms with van der Waals surface area (Å²) in [5.74, 6) is 0. The monoisotopic (exact) mass is 191 g/mol. The van der Waals surface area contributed by atoms with Gasteiger partial charge in [-0.1, -0.05) is 36.8 Å². The zero-order valence-corrected chi connectivity index (χ0v) is 8.32. The zero-order valence-electron chi connectivity index (χ0n) is 8.32. The molecule has 1 fully saturated rings. The Morgan fingerprint density at radius 1 is 1.29 bits per heavy atom. The van der Waals surface area contributed by atoms with E-state index in [-0.39, 0.29) is 12.6 Å². The minimum Gasteiger partial charge on any atom is -0.394 e. The van der Waals surface area contributed by atoms with Gasteiger partial charge in [-0.2, -0.15) is 0 Å². The maximum atomic E-state index is 9.29. The third-order valence-electron chi connectivity index (χ3n) is 2.93. The average molecular weight is 191 g/mol. The minimum atomic E-state index is 0.112. The molecule has 0 saturated heterocycles. The lowest BCUT2D eigenvalue weighted by Gasteiger charge is -2.31. The van der Waals surface area contributed by atoms with Gasteiger partial charge in [0.05, 0.1) is 12.6 Å². The highest BCUT2D eigenvalue weighted by Crippen LogP contribution is 2.22. The van der Waals surface area contributed by atoms with Crippen molar-refractivity contribution < 1.29 is 5.11 Å². The van der Waals surface area contributed by atoms with E-state index in [4.69, 9.17) is 0 Å². The van der Waals surface area contributed by atoms with Gasteiger partial charge in [0.15, 0.2) is 0 Å². The maximum absolute atomic E-state index is 9.29. The summed E-state index contributed by atoms with van der Waals surface area (Å²) < 4.78 is 0. The van der Waals surface area contributed by atoms with Crippen molar-refractivity contribution in [3.8, 4) is 0 Å². The molecule has 1 aromatic rings. The smallest absolute Gasteiger partial charge is 0.0626 e. The van der Waals surface area contributed by atoms with Crippen LogP contribution < -0.4 is 5.32 Å². The van der Waals surface area contributed by atoms with Gasteiger partial charge in [0.2, 0.25) is 0 Å². The lowest BCUT2D eigenvalue weighted by Crippen LogP contribution is -2.39. The predicted octanol–water partition coefficient (Wildman–Crippen LogP) is 1.86. The fourth-order valence-corrected chi connectivity index (χ4v) is 1.80. The second kappa shape index (κ2) is 4.58. The van der Waals surface area contributed by atoms with Gasteiger partial charge < -0.3 is 10.4 Å². The summed E-state index contributed by atoms with van der Waals surface area (Å²) in [4.78, 5) is 0. The third kappa shape index (κ3) is 2.14. The molecule has 2 nitrogen and oxygen atoms in total. The number of nitrogens with one attached hydrogen (secondary N) is 1. The summed E-state index contributed by atoms with van der Waals surface area (Å²) >= 11 is 0. The number of hydrogen-bond donors (Lipinski definition) is 2. The first kappa shape index (κ1) is 9.69. The van der Waals surface area contributed by atoms with Crippen LogP contribution in [-0.4, -0.2) is 17.8 Å². The van der Waals surface area contributed by atoms with Gasteiger partial charge in [-0.05, 0) is 18.4 Å². The van der Waals surface area contributed by atoms with Crippen molar-refractivity contribution in [2.45, 2.75) is 31.3 Å². The molecule has 2 N–H and O–H groups in total. The Kier molecular flexibility index (Phi) is 3.17. The van der Waals surface area contributed by atoms with Crippen molar-refractivity contribution in [3.05, 3.63) is 35.9 Å². The Morgan fingerprint density at radius 2 is 2.00 bits per heavy atom. The van der Waals surface area contributed by atoms with E-state index in [1.165, 1.54) is 24.8 Å². The van der Waals surface area contributed by atoms with E-state index in [1.54, 1.807) is 0 Å². The summed E-state index contributed by atoms with van der Waals surface area (Å²) in [6.07, 6.45) is 3.83. The van der Waals surface area contributed by atoms with E-state index in [0.29, 0.717) is 6.04 Å². The van der Waals surface area contributed by atoms with Crippen molar-refractivity contribution in [3.63, 3.8) is 0 Å². The number of rotatable bonds is 4. The highest BCUT2D eigenvalue weighted by molar-refractivity contribution is 5.19. The van der Waals surface area contributed by atoms with Crippen molar-refractivity contribution in [1.82, 2.24) is 5.32 Å². The Morgan fingerprint density at radius 3 is 2.50 bits per heavy atom. The van der Waals surface area contributed by atoms with Crippen LogP contribution >= 0.6 is 0 Å². The van der Waals surface area contributed by atoms with Crippen molar-refractivity contribution in [1.29, 1.82) is 0 Å². The number of aliphatic hydroxyl groups excluding tert-OH is 1. The molecule has 0 aromatic heterocycles. The van der Waals surface area contributed by atoms with E-state index in [1.807, 2.05) is 18.2 Å². The Labute approximate surface area is 85.0 Å². The number of benzene rings is 1. The van der Waals surface area contributed by atoms with Gasteiger partial charge in [0.25, 0.3) is 0 Å². The molecule has 0 radical (unpaired) electrons. The average Bonchev–Trinajstić information content (AvgIpc) is 2.18. The second-order valence-electron chi connectivity index (χ2n) is 3.94. The fourth-order valence-electron chi connectivity index (χ4n) is 1.80. The predicted molar refractivity (Wildman–Crippen MR) is 57.0 cm³/mol. The zero-order chi connectivity index (χ0) is 9.80. The molecule has 0 aliphatic heterocycles. The molecular weight excluding hydrogens is 174 g/mol. The quantitative estimate of drug-likeness (QED) is 0.761. The van der Waals surface area contributed by atoms with Crippen LogP contribution in [-0.2, 0) is 0 Å². The Hall–Kier alpha value is -0.860. The molecule has 2 rings (SSSR count). The molecule has 0 amide bonds. The molecule has 0 heterocycles. The second-order valence-corrected chi connectivity index (χ2v) is 3.94. The highest BCUT2D eigenvalue weighted by Gasteiger charge is 2.21. The summed E-state index contributed by atoms with van der Waals surface area (Å²) in [6, 6.07) is 10.9. The molecule has 1 saturated carbocycles. The fraction of sp³-hybridized carbons (Fsp3) is 0.500. The first-order chi connectivity index (χ1) is 6.90. The molecule has 76 valence electrons. The molecule has 2 heteroatoms. The van der Waals surface area contributed by atoms with E-state index in [9.17, 15) is 5.11 Å². The van der Waals surface area contributed by atoms with Crippen LogP contribution in [0.15, 0.2) is 30.3 Å². The van der Waals surface area contributed by atoms with E-state index < -0.39 is 0 Å². The van der Waals surface area contributed by atoms with Crippen LogP contribution in [0.25, 0.3) is 0 Å². The van der Waals surface area contributed by atoms with Gasteiger partial charge in [-0.25, -0.2) is 0 Å². The topological polar surface area (TPSA) is 32.3 Å². The Bertz CT molecular complexity index is 269. The normalized spacial score (nSPS) is 18.9.